The highest BCUT2D eigenvalue weighted by Crippen LogP contribution is 2.27. The van der Waals surface area contributed by atoms with Crippen molar-refractivity contribution >= 4 is 5.91 Å². The van der Waals surface area contributed by atoms with Gasteiger partial charge in [-0.05, 0) is 46.1 Å². The summed E-state index contributed by atoms with van der Waals surface area (Å²) in [5, 5.41) is 12.4. The second kappa shape index (κ2) is 5.92. The molecule has 2 aliphatic rings. The minimum atomic E-state index is -0.232. The minimum Gasteiger partial charge on any atom is -0.341 e. The standard InChI is InChI=1S/C15H25N3O/c1-15(2,11-16)7-3-4-9-18-10-13-12(14(18)19)6-5-8-17-13/h12-13,17H,3-10H2,1-2H3. The third-order valence-electron chi connectivity index (χ3n) is 4.41. The fraction of sp³-hybridized carbons (Fsp3) is 0.867. The van der Waals surface area contributed by atoms with Gasteiger partial charge in [0.1, 0.15) is 0 Å². The van der Waals surface area contributed by atoms with Crippen LogP contribution in [0, 0.1) is 22.7 Å². The number of carbonyl (C=O) groups excluding carboxylic acids is 1. The maximum atomic E-state index is 12.2. The lowest BCUT2D eigenvalue weighted by Gasteiger charge is -2.23. The molecule has 0 aliphatic carbocycles. The molecule has 1 amide bonds. The maximum absolute atomic E-state index is 12.2. The fourth-order valence-corrected chi connectivity index (χ4v) is 3.13. The topological polar surface area (TPSA) is 56.1 Å². The van der Waals surface area contributed by atoms with Crippen molar-refractivity contribution in [1.29, 1.82) is 5.26 Å². The molecule has 2 rings (SSSR count). The summed E-state index contributed by atoms with van der Waals surface area (Å²) in [6.45, 7) is 6.75. The molecule has 0 aromatic rings. The van der Waals surface area contributed by atoms with E-state index in [0.29, 0.717) is 11.9 Å². The first kappa shape index (κ1) is 14.3. The van der Waals surface area contributed by atoms with E-state index >= 15 is 0 Å². The Morgan fingerprint density at radius 3 is 2.95 bits per heavy atom. The average molecular weight is 263 g/mol. The molecule has 2 heterocycles. The van der Waals surface area contributed by atoms with Crippen LogP contribution in [0.3, 0.4) is 0 Å². The van der Waals surface area contributed by atoms with E-state index in [-0.39, 0.29) is 11.3 Å². The first-order valence-corrected chi connectivity index (χ1v) is 7.47. The number of fused-ring (bicyclic) bond motifs is 1. The van der Waals surface area contributed by atoms with E-state index in [2.05, 4.69) is 11.4 Å². The zero-order chi connectivity index (χ0) is 13.9. The van der Waals surface area contributed by atoms with Gasteiger partial charge in [0.05, 0.1) is 17.4 Å². The molecule has 1 N–H and O–H groups in total. The molecule has 2 fully saturated rings. The number of unbranched alkanes of at least 4 members (excludes halogenated alkanes) is 1. The third kappa shape index (κ3) is 3.48. The number of hydrogen-bond donors (Lipinski definition) is 1. The van der Waals surface area contributed by atoms with E-state index in [1.54, 1.807) is 0 Å². The summed E-state index contributed by atoms with van der Waals surface area (Å²) in [5.74, 6) is 0.570. The molecular formula is C15H25N3O. The van der Waals surface area contributed by atoms with E-state index in [4.69, 9.17) is 5.26 Å². The summed E-state index contributed by atoms with van der Waals surface area (Å²) in [5.41, 5.74) is -0.232. The van der Waals surface area contributed by atoms with Gasteiger partial charge in [-0.25, -0.2) is 0 Å². The summed E-state index contributed by atoms with van der Waals surface area (Å²) in [4.78, 5) is 14.2. The van der Waals surface area contributed by atoms with Gasteiger partial charge in [0.15, 0.2) is 0 Å². The lowest BCUT2D eigenvalue weighted by atomic mass is 9.89. The van der Waals surface area contributed by atoms with E-state index < -0.39 is 0 Å². The molecule has 0 aromatic heterocycles. The summed E-state index contributed by atoms with van der Waals surface area (Å²) in [7, 11) is 0. The Kier molecular flexibility index (Phi) is 4.46. The Bertz CT molecular complexity index is 372. The van der Waals surface area contributed by atoms with Crippen molar-refractivity contribution in [3.05, 3.63) is 0 Å². The van der Waals surface area contributed by atoms with Gasteiger partial charge in [-0.1, -0.05) is 6.42 Å². The van der Waals surface area contributed by atoms with Crippen LogP contribution in [0.25, 0.3) is 0 Å². The van der Waals surface area contributed by atoms with Crippen LogP contribution >= 0.6 is 0 Å². The number of likely N-dealkylation sites (tertiary alicyclic amines) is 1. The molecule has 106 valence electrons. The molecule has 4 heteroatoms. The number of nitriles is 1. The summed E-state index contributed by atoms with van der Waals surface area (Å²) >= 11 is 0. The number of hydrogen-bond acceptors (Lipinski definition) is 3. The molecule has 4 nitrogen and oxygen atoms in total. The molecule has 2 atom stereocenters. The van der Waals surface area contributed by atoms with Gasteiger partial charge in [0, 0.05) is 19.1 Å². The lowest BCUT2D eigenvalue weighted by molar-refractivity contribution is -0.131. The van der Waals surface area contributed by atoms with Gasteiger partial charge >= 0.3 is 0 Å². The molecule has 2 aliphatic heterocycles. The van der Waals surface area contributed by atoms with E-state index in [0.717, 1.165) is 51.7 Å². The van der Waals surface area contributed by atoms with Crippen LogP contribution in [0.15, 0.2) is 0 Å². The summed E-state index contributed by atoms with van der Waals surface area (Å²) in [6.07, 6.45) is 5.12. The van der Waals surface area contributed by atoms with E-state index in [1.807, 2.05) is 18.7 Å². The molecule has 0 saturated carbocycles. The predicted octanol–water partition coefficient (Wildman–Crippen LogP) is 1.92. The van der Waals surface area contributed by atoms with Crippen LogP contribution in [0.2, 0.25) is 0 Å². The maximum Gasteiger partial charge on any atom is 0.227 e. The number of nitrogens with one attached hydrogen (secondary N) is 1. The van der Waals surface area contributed by atoms with Crippen molar-refractivity contribution in [2.24, 2.45) is 11.3 Å². The van der Waals surface area contributed by atoms with Crippen molar-refractivity contribution in [2.75, 3.05) is 19.6 Å². The van der Waals surface area contributed by atoms with Crippen LogP contribution in [0.1, 0.15) is 46.0 Å². The SMILES string of the molecule is CC(C)(C#N)CCCCN1CC2NCCCC2C1=O. The zero-order valence-electron chi connectivity index (χ0n) is 12.1. The van der Waals surface area contributed by atoms with Crippen LogP contribution in [-0.2, 0) is 4.79 Å². The number of piperidine rings is 1. The summed E-state index contributed by atoms with van der Waals surface area (Å²) in [6, 6.07) is 2.71. The number of amides is 1. The number of carbonyl (C=O) groups is 1. The number of rotatable bonds is 5. The van der Waals surface area contributed by atoms with Gasteiger partial charge in [-0.15, -0.1) is 0 Å². The molecule has 19 heavy (non-hydrogen) atoms. The Hall–Kier alpha value is -1.08. The first-order valence-electron chi connectivity index (χ1n) is 7.47. The van der Waals surface area contributed by atoms with Crippen LogP contribution in [-0.4, -0.2) is 36.5 Å². The van der Waals surface area contributed by atoms with Gasteiger partial charge < -0.3 is 10.2 Å². The molecule has 2 unspecified atom stereocenters. The Labute approximate surface area is 116 Å². The highest BCUT2D eigenvalue weighted by Gasteiger charge is 2.40. The predicted molar refractivity (Wildman–Crippen MR) is 74.3 cm³/mol. The first-order chi connectivity index (χ1) is 9.03. The zero-order valence-corrected chi connectivity index (χ0v) is 12.1. The monoisotopic (exact) mass is 263 g/mol. The van der Waals surface area contributed by atoms with Gasteiger partial charge in [0.25, 0.3) is 0 Å². The largest absolute Gasteiger partial charge is 0.341 e. The van der Waals surface area contributed by atoms with Crippen molar-refractivity contribution < 1.29 is 4.79 Å². The Balaban J connectivity index is 1.72. The van der Waals surface area contributed by atoms with Crippen molar-refractivity contribution in [3.63, 3.8) is 0 Å². The fourth-order valence-electron chi connectivity index (χ4n) is 3.13. The normalized spacial score (nSPS) is 27.2. The molecule has 2 saturated heterocycles. The van der Waals surface area contributed by atoms with Gasteiger partial charge in [0.2, 0.25) is 5.91 Å². The minimum absolute atomic E-state index is 0.226. The Morgan fingerprint density at radius 1 is 1.47 bits per heavy atom. The quantitative estimate of drug-likeness (QED) is 0.771. The van der Waals surface area contributed by atoms with Crippen molar-refractivity contribution in [3.8, 4) is 6.07 Å². The van der Waals surface area contributed by atoms with E-state index in [1.165, 1.54) is 0 Å². The number of nitrogens with zero attached hydrogens (tertiary/aromatic N) is 2. The average Bonchev–Trinajstić information content (AvgIpc) is 2.72. The highest BCUT2D eigenvalue weighted by atomic mass is 16.2. The molecule has 0 radical (unpaired) electrons. The van der Waals surface area contributed by atoms with Gasteiger partial charge in [-0.3, -0.25) is 4.79 Å². The Morgan fingerprint density at radius 2 is 2.26 bits per heavy atom. The second-order valence-electron chi connectivity index (χ2n) is 6.55. The molecule has 0 bridgehead atoms. The highest BCUT2D eigenvalue weighted by molar-refractivity contribution is 5.82. The van der Waals surface area contributed by atoms with Crippen LogP contribution in [0.5, 0.6) is 0 Å². The molecular weight excluding hydrogens is 238 g/mol. The third-order valence-corrected chi connectivity index (χ3v) is 4.41. The lowest BCUT2D eigenvalue weighted by Crippen LogP contribution is -2.41. The molecule has 0 aromatic carbocycles. The van der Waals surface area contributed by atoms with Gasteiger partial charge in [-0.2, -0.15) is 5.26 Å². The van der Waals surface area contributed by atoms with E-state index in [9.17, 15) is 4.79 Å². The second-order valence-corrected chi connectivity index (χ2v) is 6.55. The molecule has 0 spiro atoms. The summed E-state index contributed by atoms with van der Waals surface area (Å²) < 4.78 is 0. The van der Waals surface area contributed by atoms with Crippen LogP contribution < -0.4 is 5.32 Å². The smallest absolute Gasteiger partial charge is 0.227 e. The van der Waals surface area contributed by atoms with Crippen molar-refractivity contribution in [2.45, 2.75) is 52.0 Å². The van der Waals surface area contributed by atoms with Crippen LogP contribution in [0.4, 0.5) is 0 Å². The van der Waals surface area contributed by atoms with Crippen molar-refractivity contribution in [1.82, 2.24) is 10.2 Å².